The van der Waals surface area contributed by atoms with Crippen LogP contribution in [-0.2, 0) is 27.1 Å². The Morgan fingerprint density at radius 1 is 0.289 bits per heavy atom. The zero-order valence-electron chi connectivity index (χ0n) is 51.3. The minimum atomic E-state index is -0.141. The second kappa shape index (κ2) is 18.1. The maximum atomic E-state index is 2.63. The van der Waals surface area contributed by atoms with E-state index in [1.54, 1.807) is 0 Å². The fourth-order valence-electron chi connectivity index (χ4n) is 13.8. The molecule has 0 saturated carbocycles. The molecule has 2 aliphatic rings. The first-order valence-corrected chi connectivity index (χ1v) is 30.1. The lowest BCUT2D eigenvalue weighted by Crippen LogP contribution is -2.61. The number of aromatic nitrogens is 2. The molecule has 0 fully saturated rings. The van der Waals surface area contributed by atoms with Crippen LogP contribution in [0.1, 0.15) is 132 Å². The van der Waals surface area contributed by atoms with Crippen molar-refractivity contribution in [3.8, 4) is 11.4 Å². The normalized spacial score (nSPS) is 13.9. The van der Waals surface area contributed by atoms with Gasteiger partial charge in [-0.05, 0) is 173 Å². The number of hydrogen-bond acceptors (Lipinski definition) is 2. The lowest BCUT2D eigenvalue weighted by Gasteiger charge is -2.45. The van der Waals surface area contributed by atoms with Crippen LogP contribution in [0.4, 0.5) is 34.1 Å². The molecule has 2 aliphatic heterocycles. The van der Waals surface area contributed by atoms with E-state index in [-0.39, 0.29) is 33.8 Å². The highest BCUT2D eigenvalue weighted by Crippen LogP contribution is 2.50. The maximum Gasteiger partial charge on any atom is 0.253 e. The Labute approximate surface area is 492 Å². The van der Waals surface area contributed by atoms with Crippen LogP contribution in [-0.4, -0.2) is 15.8 Å². The molecule has 0 unspecified atom stereocenters. The SMILES string of the molecule is CC(C)(C)c1ccc(N2c3ccc(C(C)(C)C)cc3B3c4c2cccc4N(c2ccc(C(C)(C)C)cc2)c2cc(-n4c5ccc(C(C)(C)C)cc5c5cc(C(C)(C)C)ccc54)c4c(c23)c2ccccc2n4-c2ccc3ccccc3c2)cc1. The molecule has 5 heteroatoms. The predicted octanol–water partition coefficient (Wildman–Crippen LogP) is 19.6. The van der Waals surface area contributed by atoms with Gasteiger partial charge < -0.3 is 18.9 Å². The van der Waals surface area contributed by atoms with Crippen molar-refractivity contribution < 1.29 is 0 Å². The van der Waals surface area contributed by atoms with Crippen LogP contribution in [0.15, 0.2) is 194 Å². The minimum Gasteiger partial charge on any atom is -0.311 e. The Morgan fingerprint density at radius 3 is 1.30 bits per heavy atom. The summed E-state index contributed by atoms with van der Waals surface area (Å²) in [5, 5.41) is 7.49. The van der Waals surface area contributed by atoms with Gasteiger partial charge in [0.25, 0.3) is 6.71 Å². The van der Waals surface area contributed by atoms with Gasteiger partial charge in [0, 0.05) is 61.4 Å². The predicted molar refractivity (Wildman–Crippen MR) is 360 cm³/mol. The number of hydrogen-bond donors (Lipinski definition) is 0. The summed E-state index contributed by atoms with van der Waals surface area (Å²) in [5.41, 5.74) is 24.5. The molecular formula is C78H77BN4. The van der Waals surface area contributed by atoms with Gasteiger partial charge in [-0.3, -0.25) is 0 Å². The van der Waals surface area contributed by atoms with Gasteiger partial charge in [-0.25, -0.2) is 0 Å². The van der Waals surface area contributed by atoms with Gasteiger partial charge in [-0.15, -0.1) is 0 Å². The van der Waals surface area contributed by atoms with Crippen LogP contribution in [0.3, 0.4) is 0 Å². The molecule has 4 heterocycles. The smallest absolute Gasteiger partial charge is 0.253 e. The lowest BCUT2D eigenvalue weighted by molar-refractivity contribution is 0.590. The summed E-state index contributed by atoms with van der Waals surface area (Å²) >= 11 is 0. The molecule has 0 saturated heterocycles. The largest absolute Gasteiger partial charge is 0.311 e. The zero-order valence-corrected chi connectivity index (χ0v) is 51.3. The number of fused-ring (bicyclic) bond motifs is 12. The molecule has 0 radical (unpaired) electrons. The molecule has 83 heavy (non-hydrogen) atoms. The van der Waals surface area contributed by atoms with Crippen LogP contribution in [0.2, 0.25) is 0 Å². The number of rotatable bonds is 4. The first kappa shape index (κ1) is 52.8. The van der Waals surface area contributed by atoms with E-state index in [1.165, 1.54) is 121 Å². The van der Waals surface area contributed by atoms with Crippen LogP contribution in [0, 0.1) is 0 Å². The van der Waals surface area contributed by atoms with Crippen molar-refractivity contribution in [2.24, 2.45) is 0 Å². The van der Waals surface area contributed by atoms with Crippen molar-refractivity contribution in [1.82, 2.24) is 9.13 Å². The van der Waals surface area contributed by atoms with Crippen molar-refractivity contribution >= 4 is 112 Å². The van der Waals surface area contributed by atoms with Crippen molar-refractivity contribution in [3.63, 3.8) is 0 Å². The Kier molecular flexibility index (Phi) is 11.5. The molecule has 14 rings (SSSR count). The van der Waals surface area contributed by atoms with E-state index in [4.69, 9.17) is 0 Å². The van der Waals surface area contributed by atoms with Gasteiger partial charge in [0.2, 0.25) is 0 Å². The van der Waals surface area contributed by atoms with Crippen LogP contribution >= 0.6 is 0 Å². The van der Waals surface area contributed by atoms with E-state index < -0.39 is 0 Å². The average molecular weight is 1080 g/mol. The summed E-state index contributed by atoms with van der Waals surface area (Å²) < 4.78 is 5.24. The highest BCUT2D eigenvalue weighted by atomic mass is 15.2. The highest BCUT2D eigenvalue weighted by Gasteiger charge is 2.46. The topological polar surface area (TPSA) is 16.3 Å². The third kappa shape index (κ3) is 8.30. The monoisotopic (exact) mass is 1080 g/mol. The molecular weight excluding hydrogens is 1000 g/mol. The molecule has 412 valence electrons. The van der Waals surface area contributed by atoms with Crippen molar-refractivity contribution in [2.75, 3.05) is 9.80 Å². The molecule has 0 atom stereocenters. The number of nitrogens with zero attached hydrogens (tertiary/aromatic N) is 4. The molecule has 12 aromatic rings. The van der Waals surface area contributed by atoms with Crippen LogP contribution < -0.4 is 26.2 Å². The molecule has 0 amide bonds. The fourth-order valence-corrected chi connectivity index (χ4v) is 13.8. The van der Waals surface area contributed by atoms with Gasteiger partial charge in [-0.1, -0.05) is 207 Å². The van der Waals surface area contributed by atoms with E-state index in [0.717, 1.165) is 22.7 Å². The zero-order chi connectivity index (χ0) is 58.0. The van der Waals surface area contributed by atoms with Crippen molar-refractivity contribution in [2.45, 2.75) is 131 Å². The third-order valence-electron chi connectivity index (χ3n) is 18.5. The quantitative estimate of drug-likeness (QED) is 0.163. The second-order valence-electron chi connectivity index (χ2n) is 29.2. The van der Waals surface area contributed by atoms with E-state index in [0.29, 0.717) is 0 Å². The third-order valence-corrected chi connectivity index (χ3v) is 18.5. The molecule has 2 aromatic heterocycles. The Bertz CT molecular complexity index is 4560. The van der Waals surface area contributed by atoms with Gasteiger partial charge in [0.15, 0.2) is 0 Å². The molecule has 0 bridgehead atoms. The number of para-hydroxylation sites is 1. The van der Waals surface area contributed by atoms with E-state index in [9.17, 15) is 0 Å². The van der Waals surface area contributed by atoms with E-state index >= 15 is 0 Å². The van der Waals surface area contributed by atoms with Crippen molar-refractivity contribution in [3.05, 3.63) is 222 Å². The van der Waals surface area contributed by atoms with Crippen LogP contribution in [0.5, 0.6) is 0 Å². The van der Waals surface area contributed by atoms with E-state index in [2.05, 4.69) is 317 Å². The van der Waals surface area contributed by atoms with Gasteiger partial charge >= 0.3 is 0 Å². The first-order valence-electron chi connectivity index (χ1n) is 30.1. The molecule has 10 aromatic carbocycles. The number of benzene rings is 10. The Hall–Kier alpha value is -8.28. The summed E-state index contributed by atoms with van der Waals surface area (Å²) in [4.78, 5) is 5.19. The molecule has 4 nitrogen and oxygen atoms in total. The lowest BCUT2D eigenvalue weighted by atomic mass is 9.32. The highest BCUT2D eigenvalue weighted by molar-refractivity contribution is 7.02. The fraction of sp³-hybridized carbons (Fsp3) is 0.256. The molecule has 0 N–H and O–H groups in total. The van der Waals surface area contributed by atoms with Gasteiger partial charge in [-0.2, -0.15) is 0 Å². The van der Waals surface area contributed by atoms with Gasteiger partial charge in [0.1, 0.15) is 0 Å². The summed E-state index contributed by atoms with van der Waals surface area (Å²) in [6, 6.07) is 75.7. The summed E-state index contributed by atoms with van der Waals surface area (Å²) in [5.74, 6) is 0. The summed E-state index contributed by atoms with van der Waals surface area (Å²) in [6.07, 6.45) is 0. The summed E-state index contributed by atoms with van der Waals surface area (Å²) in [6.45, 7) is 34.8. The first-order chi connectivity index (χ1) is 39.3. The van der Waals surface area contributed by atoms with E-state index in [1.807, 2.05) is 0 Å². The summed E-state index contributed by atoms with van der Waals surface area (Å²) in [7, 11) is 0. The Morgan fingerprint density at radius 2 is 0.747 bits per heavy atom. The maximum absolute atomic E-state index is 2.63. The molecule has 0 spiro atoms. The standard InChI is InChI=1S/C78H77BN4/c1-74(2,3)50-28-36-55(37-29-50)80-65-42-34-54(78(13,14)15)46-61(65)79-71-66(80)25-20-26-67(71)81(56-38-30-51(31-39-56)75(4,5)6)68-47-69(83-63-40-32-52(76(7,8)9)44-59(63)60-45-53(77(10,11)12)33-41-64(60)83)73-70(72(68)79)58-23-18-19-24-62(58)82(73)57-35-27-48-21-16-17-22-49(48)43-57/h16-47H,1-15H3. The van der Waals surface area contributed by atoms with Crippen molar-refractivity contribution in [1.29, 1.82) is 0 Å². The minimum absolute atomic E-state index is 0.0178. The Balaban J connectivity index is 1.20. The number of anilines is 6. The molecule has 0 aliphatic carbocycles. The average Bonchev–Trinajstić information content (AvgIpc) is 1.72. The van der Waals surface area contributed by atoms with Crippen LogP contribution in [0.25, 0.3) is 65.8 Å². The second-order valence-corrected chi connectivity index (χ2v) is 29.2. The van der Waals surface area contributed by atoms with Gasteiger partial charge in [0.05, 0.1) is 27.8 Å².